The molecule has 0 saturated carbocycles. The molecule has 1 aromatic carbocycles. The first kappa shape index (κ1) is 13.1. The highest BCUT2D eigenvalue weighted by Crippen LogP contribution is 2.09. The van der Waals surface area contributed by atoms with Gasteiger partial charge in [-0.25, -0.2) is 4.98 Å². The van der Waals surface area contributed by atoms with Gasteiger partial charge in [-0.05, 0) is 36.8 Å². The number of nitrogens with zero attached hydrogens (tertiary/aromatic N) is 1. The number of fused-ring (bicyclic) bond motifs is 1. The largest absolute Gasteiger partial charge is 0.360 e. The third kappa shape index (κ3) is 2.53. The monoisotopic (exact) mass is 279 g/mol. The second-order valence-corrected chi connectivity index (χ2v) is 4.75. The maximum atomic E-state index is 12.3. The number of carbonyl (C=O) groups is 1. The van der Waals surface area contributed by atoms with E-state index in [1.165, 1.54) is 6.20 Å². The van der Waals surface area contributed by atoms with Crippen LogP contribution in [0.25, 0.3) is 10.9 Å². The fraction of sp³-hybridized carbons (Fsp3) is 0.0625. The molecule has 0 atom stereocenters. The zero-order valence-electron chi connectivity index (χ0n) is 11.4. The van der Waals surface area contributed by atoms with Crippen molar-refractivity contribution in [1.29, 1.82) is 0 Å². The van der Waals surface area contributed by atoms with Crippen molar-refractivity contribution in [1.82, 2.24) is 9.97 Å². The minimum atomic E-state index is -0.472. The predicted octanol–water partition coefficient (Wildman–Crippen LogP) is 2.48. The molecule has 2 aromatic heterocycles. The number of carbonyl (C=O) groups excluding carboxylic acids is 1. The molecule has 21 heavy (non-hydrogen) atoms. The van der Waals surface area contributed by atoms with Crippen LogP contribution in [-0.2, 0) is 0 Å². The van der Waals surface area contributed by atoms with Crippen LogP contribution in [0.4, 0.5) is 5.82 Å². The first-order valence-corrected chi connectivity index (χ1v) is 6.49. The number of nitrogens with one attached hydrogen (secondary N) is 2. The van der Waals surface area contributed by atoms with Crippen molar-refractivity contribution in [3.8, 4) is 0 Å². The number of anilines is 1. The highest BCUT2D eigenvalue weighted by Gasteiger charge is 2.13. The number of H-pyrrole nitrogens is 1. The van der Waals surface area contributed by atoms with Crippen LogP contribution < -0.4 is 10.7 Å². The van der Waals surface area contributed by atoms with Crippen LogP contribution in [0.5, 0.6) is 0 Å². The van der Waals surface area contributed by atoms with E-state index in [0.29, 0.717) is 16.7 Å². The quantitative estimate of drug-likeness (QED) is 0.756. The van der Waals surface area contributed by atoms with Gasteiger partial charge in [0.25, 0.3) is 5.91 Å². The third-order valence-electron chi connectivity index (χ3n) is 3.19. The van der Waals surface area contributed by atoms with Crippen LogP contribution in [0.1, 0.15) is 15.9 Å². The molecule has 5 nitrogen and oxygen atoms in total. The summed E-state index contributed by atoms with van der Waals surface area (Å²) in [5.74, 6) is -0.0485. The molecule has 2 N–H and O–H groups in total. The van der Waals surface area contributed by atoms with Crippen LogP contribution >= 0.6 is 0 Å². The van der Waals surface area contributed by atoms with E-state index in [-0.39, 0.29) is 11.0 Å². The molecule has 3 aromatic rings. The lowest BCUT2D eigenvalue weighted by Gasteiger charge is -2.05. The molecule has 0 spiro atoms. The number of hydrogen-bond donors (Lipinski definition) is 2. The Bertz CT molecular complexity index is 884. The van der Waals surface area contributed by atoms with Crippen molar-refractivity contribution in [2.75, 3.05) is 5.32 Å². The van der Waals surface area contributed by atoms with Gasteiger partial charge < -0.3 is 10.3 Å². The Hall–Kier alpha value is -2.95. The van der Waals surface area contributed by atoms with Crippen LogP contribution in [-0.4, -0.2) is 15.9 Å². The van der Waals surface area contributed by atoms with Crippen molar-refractivity contribution in [3.05, 3.63) is 70.1 Å². The molecule has 0 fully saturated rings. The Labute approximate surface area is 120 Å². The predicted molar refractivity (Wildman–Crippen MR) is 81.5 cm³/mol. The lowest BCUT2D eigenvalue weighted by molar-refractivity contribution is 0.102. The summed E-state index contributed by atoms with van der Waals surface area (Å²) in [6.45, 7) is 1.90. The molecule has 0 bridgehead atoms. The Kier molecular flexibility index (Phi) is 3.23. The minimum absolute atomic E-state index is 0.0667. The Morgan fingerprint density at radius 1 is 1.24 bits per heavy atom. The molecule has 0 radical (unpaired) electrons. The van der Waals surface area contributed by atoms with Crippen molar-refractivity contribution < 1.29 is 4.79 Å². The number of benzene rings is 1. The van der Waals surface area contributed by atoms with Gasteiger partial charge in [0.15, 0.2) is 0 Å². The second kappa shape index (κ2) is 5.20. The topological polar surface area (TPSA) is 74.8 Å². The van der Waals surface area contributed by atoms with Gasteiger partial charge in [-0.2, -0.15) is 0 Å². The number of hydrogen-bond acceptors (Lipinski definition) is 3. The lowest BCUT2D eigenvalue weighted by Crippen LogP contribution is -2.22. The molecule has 0 unspecified atom stereocenters. The van der Waals surface area contributed by atoms with E-state index >= 15 is 0 Å². The Morgan fingerprint density at radius 3 is 2.86 bits per heavy atom. The molecule has 0 saturated heterocycles. The van der Waals surface area contributed by atoms with E-state index in [4.69, 9.17) is 0 Å². The van der Waals surface area contributed by atoms with E-state index in [1.807, 2.05) is 19.1 Å². The molecule has 1 amide bonds. The summed E-state index contributed by atoms with van der Waals surface area (Å²) in [5, 5.41) is 3.12. The Morgan fingerprint density at radius 2 is 2.05 bits per heavy atom. The summed E-state index contributed by atoms with van der Waals surface area (Å²) >= 11 is 0. The molecule has 0 aliphatic carbocycles. The summed E-state index contributed by atoms with van der Waals surface area (Å²) in [7, 11) is 0. The van der Waals surface area contributed by atoms with Gasteiger partial charge in [0.2, 0.25) is 5.43 Å². The number of para-hydroxylation sites is 1. The SMILES string of the molecule is Cc1ccnc(NC(=O)c2c[nH]c3ccccc3c2=O)c1. The van der Waals surface area contributed by atoms with Gasteiger partial charge >= 0.3 is 0 Å². The zero-order chi connectivity index (χ0) is 14.8. The van der Waals surface area contributed by atoms with E-state index in [1.54, 1.807) is 30.5 Å². The average molecular weight is 279 g/mol. The van der Waals surface area contributed by atoms with Gasteiger partial charge in [0, 0.05) is 23.3 Å². The van der Waals surface area contributed by atoms with E-state index < -0.39 is 5.91 Å². The van der Waals surface area contributed by atoms with Crippen LogP contribution in [0.2, 0.25) is 0 Å². The smallest absolute Gasteiger partial charge is 0.262 e. The van der Waals surface area contributed by atoms with E-state index in [9.17, 15) is 9.59 Å². The van der Waals surface area contributed by atoms with Gasteiger partial charge in [-0.3, -0.25) is 9.59 Å². The van der Waals surface area contributed by atoms with E-state index in [0.717, 1.165) is 5.56 Å². The van der Waals surface area contributed by atoms with E-state index in [2.05, 4.69) is 15.3 Å². The first-order chi connectivity index (χ1) is 10.1. The van der Waals surface area contributed by atoms with Gasteiger partial charge in [0.05, 0.1) is 0 Å². The first-order valence-electron chi connectivity index (χ1n) is 6.49. The summed E-state index contributed by atoms with van der Waals surface area (Å²) in [4.78, 5) is 31.6. The molecule has 3 rings (SSSR count). The van der Waals surface area contributed by atoms with Gasteiger partial charge in [-0.15, -0.1) is 0 Å². The van der Waals surface area contributed by atoms with Crippen LogP contribution in [0, 0.1) is 6.92 Å². The highest BCUT2D eigenvalue weighted by molar-refractivity contribution is 6.05. The maximum Gasteiger partial charge on any atom is 0.262 e. The normalized spacial score (nSPS) is 10.5. The maximum absolute atomic E-state index is 12.3. The zero-order valence-corrected chi connectivity index (χ0v) is 11.4. The van der Waals surface area contributed by atoms with Gasteiger partial charge in [-0.1, -0.05) is 12.1 Å². The molecule has 0 aliphatic heterocycles. The molecular formula is C16H13N3O2. The number of rotatable bonds is 2. The summed E-state index contributed by atoms with van der Waals surface area (Å²) in [6.07, 6.45) is 3.03. The van der Waals surface area contributed by atoms with Crippen LogP contribution in [0.15, 0.2) is 53.6 Å². The molecule has 104 valence electrons. The average Bonchev–Trinajstić information content (AvgIpc) is 2.48. The standard InChI is InChI=1S/C16H13N3O2/c1-10-6-7-17-14(8-10)19-16(21)12-9-18-13-5-3-2-4-11(13)15(12)20/h2-9H,1H3,(H,18,20)(H,17,19,21). The molecule has 2 heterocycles. The van der Waals surface area contributed by atoms with Crippen molar-refractivity contribution in [2.45, 2.75) is 6.92 Å². The lowest BCUT2D eigenvalue weighted by atomic mass is 10.1. The summed E-state index contributed by atoms with van der Waals surface area (Å²) in [5.41, 5.74) is 1.45. The minimum Gasteiger partial charge on any atom is -0.360 e. The molecular weight excluding hydrogens is 266 g/mol. The van der Waals surface area contributed by atoms with Crippen molar-refractivity contribution >= 4 is 22.6 Å². The highest BCUT2D eigenvalue weighted by atomic mass is 16.2. The fourth-order valence-electron chi connectivity index (χ4n) is 2.12. The van der Waals surface area contributed by atoms with Gasteiger partial charge in [0.1, 0.15) is 11.4 Å². The second-order valence-electron chi connectivity index (χ2n) is 4.75. The number of amides is 1. The number of pyridine rings is 2. The fourth-order valence-corrected chi connectivity index (χ4v) is 2.12. The van der Waals surface area contributed by atoms with Crippen molar-refractivity contribution in [2.24, 2.45) is 0 Å². The number of aromatic nitrogens is 2. The number of aryl methyl sites for hydroxylation is 1. The summed E-state index contributed by atoms with van der Waals surface area (Å²) in [6, 6.07) is 10.7. The summed E-state index contributed by atoms with van der Waals surface area (Å²) < 4.78 is 0. The van der Waals surface area contributed by atoms with Crippen molar-refractivity contribution in [3.63, 3.8) is 0 Å². The molecule has 5 heteroatoms. The van der Waals surface area contributed by atoms with Crippen LogP contribution in [0.3, 0.4) is 0 Å². The molecule has 0 aliphatic rings. The Balaban J connectivity index is 1.99. The third-order valence-corrected chi connectivity index (χ3v) is 3.19. The number of aromatic amines is 1.